The van der Waals surface area contributed by atoms with E-state index in [1.165, 1.54) is 0 Å². The maximum absolute atomic E-state index is 12.3. The first-order valence-corrected chi connectivity index (χ1v) is 8.26. The summed E-state index contributed by atoms with van der Waals surface area (Å²) in [6.45, 7) is 6.28. The second kappa shape index (κ2) is 8.11. The fraction of sp³-hybridized carbons (Fsp3) is 0.474. The fourth-order valence-electron chi connectivity index (χ4n) is 2.45. The quantitative estimate of drug-likeness (QED) is 0.453. The standard InChI is InChI=1S/C19H25NO4/c1-19(2,3)24-18(22)10-13-23-12-5-8-17(21)15-6-4-7-16-14(15)9-11-20-16/h4,6-7,9,11,20H,5,8,10,12-13H2,1-3H3. The molecule has 24 heavy (non-hydrogen) atoms. The SMILES string of the molecule is CC(C)(C)OC(=O)CCOCCCC(=O)c1cccc2[nH]ccc12. The summed E-state index contributed by atoms with van der Waals surface area (Å²) < 4.78 is 10.6. The van der Waals surface area contributed by atoms with E-state index in [-0.39, 0.29) is 18.2 Å². The van der Waals surface area contributed by atoms with Crippen molar-refractivity contribution in [3.63, 3.8) is 0 Å². The summed E-state index contributed by atoms with van der Waals surface area (Å²) in [6.07, 6.45) is 3.12. The number of carbonyl (C=O) groups excluding carboxylic acids is 2. The molecule has 0 atom stereocenters. The van der Waals surface area contributed by atoms with Crippen LogP contribution in [0.15, 0.2) is 30.5 Å². The predicted octanol–water partition coefficient (Wildman–Crippen LogP) is 3.88. The normalized spacial score (nSPS) is 11.6. The van der Waals surface area contributed by atoms with Crippen LogP contribution in [-0.2, 0) is 14.3 Å². The Morgan fingerprint density at radius 2 is 1.88 bits per heavy atom. The molecular formula is C19H25NO4. The fourth-order valence-corrected chi connectivity index (χ4v) is 2.45. The smallest absolute Gasteiger partial charge is 0.308 e. The Balaban J connectivity index is 1.67. The molecule has 1 N–H and O–H groups in total. The van der Waals surface area contributed by atoms with E-state index in [1.54, 1.807) is 0 Å². The minimum atomic E-state index is -0.469. The molecule has 0 saturated carbocycles. The van der Waals surface area contributed by atoms with Crippen molar-refractivity contribution in [2.45, 2.75) is 45.6 Å². The van der Waals surface area contributed by atoms with Gasteiger partial charge in [-0.15, -0.1) is 0 Å². The van der Waals surface area contributed by atoms with Crippen molar-refractivity contribution in [2.24, 2.45) is 0 Å². The van der Waals surface area contributed by atoms with Gasteiger partial charge in [-0.1, -0.05) is 12.1 Å². The van der Waals surface area contributed by atoms with Crippen molar-refractivity contribution in [1.82, 2.24) is 4.98 Å². The van der Waals surface area contributed by atoms with E-state index in [0.29, 0.717) is 26.1 Å². The average molecular weight is 331 g/mol. The zero-order valence-electron chi connectivity index (χ0n) is 14.6. The summed E-state index contributed by atoms with van der Waals surface area (Å²) in [5.74, 6) is -0.159. The molecule has 0 fully saturated rings. The molecule has 0 unspecified atom stereocenters. The van der Waals surface area contributed by atoms with E-state index in [1.807, 2.05) is 51.2 Å². The van der Waals surface area contributed by atoms with Gasteiger partial charge in [-0.25, -0.2) is 0 Å². The molecule has 5 heteroatoms. The molecule has 0 aliphatic carbocycles. The number of aromatic nitrogens is 1. The van der Waals surface area contributed by atoms with Gasteiger partial charge >= 0.3 is 5.97 Å². The van der Waals surface area contributed by atoms with Crippen LogP contribution in [0.3, 0.4) is 0 Å². The summed E-state index contributed by atoms with van der Waals surface area (Å²) in [5.41, 5.74) is 1.24. The lowest BCUT2D eigenvalue weighted by Crippen LogP contribution is -2.24. The minimum absolute atomic E-state index is 0.107. The van der Waals surface area contributed by atoms with Gasteiger partial charge in [0.05, 0.1) is 13.0 Å². The number of fused-ring (bicyclic) bond motifs is 1. The molecule has 0 aliphatic heterocycles. The molecule has 2 rings (SSSR count). The molecule has 1 aromatic heterocycles. The Kier molecular flexibility index (Phi) is 6.15. The molecule has 130 valence electrons. The lowest BCUT2D eigenvalue weighted by atomic mass is 10.0. The van der Waals surface area contributed by atoms with Gasteiger partial charge in [-0.3, -0.25) is 9.59 Å². The lowest BCUT2D eigenvalue weighted by molar-refractivity contribution is -0.156. The largest absolute Gasteiger partial charge is 0.460 e. The molecule has 2 aromatic rings. The number of aromatic amines is 1. The summed E-state index contributed by atoms with van der Waals surface area (Å²) >= 11 is 0. The Morgan fingerprint density at radius 3 is 2.62 bits per heavy atom. The molecular weight excluding hydrogens is 306 g/mol. The summed E-state index contributed by atoms with van der Waals surface area (Å²) in [7, 11) is 0. The van der Waals surface area contributed by atoms with Gasteiger partial charge in [0.2, 0.25) is 0 Å². The molecule has 0 amide bonds. The van der Waals surface area contributed by atoms with E-state index in [9.17, 15) is 9.59 Å². The zero-order valence-corrected chi connectivity index (χ0v) is 14.6. The number of nitrogens with one attached hydrogen (secondary N) is 1. The van der Waals surface area contributed by atoms with Crippen molar-refractivity contribution >= 4 is 22.7 Å². The van der Waals surface area contributed by atoms with Crippen LogP contribution in [-0.4, -0.2) is 35.6 Å². The van der Waals surface area contributed by atoms with Gasteiger partial charge in [0.15, 0.2) is 5.78 Å². The Bertz CT molecular complexity index is 697. The molecule has 0 aliphatic rings. The van der Waals surface area contributed by atoms with E-state index >= 15 is 0 Å². The van der Waals surface area contributed by atoms with Crippen LogP contribution in [0.25, 0.3) is 10.9 Å². The van der Waals surface area contributed by atoms with Crippen molar-refractivity contribution in [2.75, 3.05) is 13.2 Å². The van der Waals surface area contributed by atoms with Crippen LogP contribution < -0.4 is 0 Å². The number of carbonyl (C=O) groups is 2. The summed E-state index contributed by atoms with van der Waals surface area (Å²) in [6, 6.07) is 7.59. The van der Waals surface area contributed by atoms with Gasteiger partial charge in [0.1, 0.15) is 5.60 Å². The third kappa shape index (κ3) is 5.49. The Labute approximate surface area is 142 Å². The average Bonchev–Trinajstić information content (AvgIpc) is 2.97. The minimum Gasteiger partial charge on any atom is -0.460 e. The first kappa shape index (κ1) is 18.2. The number of ether oxygens (including phenoxy) is 2. The highest BCUT2D eigenvalue weighted by atomic mass is 16.6. The number of benzene rings is 1. The Morgan fingerprint density at radius 1 is 1.08 bits per heavy atom. The predicted molar refractivity (Wildman–Crippen MR) is 93.1 cm³/mol. The maximum atomic E-state index is 12.3. The third-order valence-corrected chi connectivity index (χ3v) is 3.46. The molecule has 1 aromatic carbocycles. The second-order valence-electron chi connectivity index (χ2n) is 6.72. The van der Waals surface area contributed by atoms with Gasteiger partial charge in [0.25, 0.3) is 0 Å². The first-order chi connectivity index (χ1) is 11.4. The zero-order chi connectivity index (χ0) is 17.6. The molecule has 0 bridgehead atoms. The highest BCUT2D eigenvalue weighted by Crippen LogP contribution is 2.19. The van der Waals surface area contributed by atoms with Gasteiger partial charge in [-0.05, 0) is 39.3 Å². The second-order valence-corrected chi connectivity index (χ2v) is 6.72. The molecule has 5 nitrogen and oxygen atoms in total. The number of rotatable bonds is 8. The van der Waals surface area contributed by atoms with Crippen molar-refractivity contribution in [1.29, 1.82) is 0 Å². The lowest BCUT2D eigenvalue weighted by Gasteiger charge is -2.19. The van der Waals surface area contributed by atoms with Crippen molar-refractivity contribution in [3.8, 4) is 0 Å². The number of esters is 1. The highest BCUT2D eigenvalue weighted by molar-refractivity contribution is 6.07. The molecule has 0 saturated heterocycles. The van der Waals surface area contributed by atoms with E-state index in [4.69, 9.17) is 9.47 Å². The van der Waals surface area contributed by atoms with E-state index in [0.717, 1.165) is 16.5 Å². The highest BCUT2D eigenvalue weighted by Gasteiger charge is 2.15. The topological polar surface area (TPSA) is 68.4 Å². The number of H-pyrrole nitrogens is 1. The van der Waals surface area contributed by atoms with Crippen molar-refractivity contribution < 1.29 is 19.1 Å². The van der Waals surface area contributed by atoms with Crippen LogP contribution in [0.5, 0.6) is 0 Å². The summed E-state index contributed by atoms with van der Waals surface area (Å²) in [5, 5.41) is 0.952. The van der Waals surface area contributed by atoms with Gasteiger partial charge < -0.3 is 14.5 Å². The van der Waals surface area contributed by atoms with E-state index < -0.39 is 5.60 Å². The van der Waals surface area contributed by atoms with Crippen LogP contribution in [0, 0.1) is 0 Å². The summed E-state index contributed by atoms with van der Waals surface area (Å²) in [4.78, 5) is 26.9. The molecule has 1 heterocycles. The van der Waals surface area contributed by atoms with Crippen LogP contribution in [0.1, 0.15) is 50.4 Å². The van der Waals surface area contributed by atoms with Gasteiger partial charge in [-0.2, -0.15) is 0 Å². The monoisotopic (exact) mass is 331 g/mol. The van der Waals surface area contributed by atoms with E-state index in [2.05, 4.69) is 4.98 Å². The van der Waals surface area contributed by atoms with Crippen LogP contribution in [0.4, 0.5) is 0 Å². The van der Waals surface area contributed by atoms with Gasteiger partial charge in [0, 0.05) is 35.7 Å². The van der Waals surface area contributed by atoms with Crippen LogP contribution >= 0.6 is 0 Å². The number of Topliss-reactive ketones (excluding diaryl/α,β-unsaturated/α-hetero) is 1. The maximum Gasteiger partial charge on any atom is 0.308 e. The Hall–Kier alpha value is -2.14. The molecule has 0 radical (unpaired) electrons. The van der Waals surface area contributed by atoms with Crippen LogP contribution in [0.2, 0.25) is 0 Å². The van der Waals surface area contributed by atoms with Crippen molar-refractivity contribution in [3.05, 3.63) is 36.0 Å². The third-order valence-electron chi connectivity index (χ3n) is 3.46. The molecule has 0 spiro atoms. The number of hydrogen-bond donors (Lipinski definition) is 1. The number of hydrogen-bond acceptors (Lipinski definition) is 4. The first-order valence-electron chi connectivity index (χ1n) is 8.26. The number of ketones is 1.